The van der Waals surface area contributed by atoms with E-state index in [1.165, 1.54) is 23.9 Å². The van der Waals surface area contributed by atoms with Crippen LogP contribution in [0.25, 0.3) is 0 Å². The summed E-state index contributed by atoms with van der Waals surface area (Å²) < 4.78 is 21.3. The molecular weight excluding hydrogens is 377 g/mol. The van der Waals surface area contributed by atoms with Crippen molar-refractivity contribution in [1.82, 2.24) is 14.5 Å². The fraction of sp³-hybridized carbons (Fsp3) is 0.333. The van der Waals surface area contributed by atoms with Crippen LogP contribution in [0.5, 0.6) is 0 Å². The highest BCUT2D eigenvalue weighted by Crippen LogP contribution is 2.35. The highest BCUT2D eigenvalue weighted by molar-refractivity contribution is 7.99. The Kier molecular flexibility index (Phi) is 7.19. The zero-order chi connectivity index (χ0) is 19.9. The Morgan fingerprint density at radius 2 is 2.00 bits per heavy atom. The minimum atomic E-state index is -0.265. The Labute approximate surface area is 168 Å². The Hall–Kier alpha value is -2.22. The van der Waals surface area contributed by atoms with E-state index < -0.39 is 0 Å². The van der Waals surface area contributed by atoms with E-state index in [-0.39, 0.29) is 24.9 Å². The quantitative estimate of drug-likeness (QED) is 0.543. The van der Waals surface area contributed by atoms with Gasteiger partial charge in [-0.25, -0.2) is 9.37 Å². The molecule has 3 aromatic rings. The lowest BCUT2D eigenvalue weighted by molar-refractivity contribution is 0.0760. The summed E-state index contributed by atoms with van der Waals surface area (Å²) in [6.07, 6.45) is 3.54. The lowest BCUT2D eigenvalue weighted by atomic mass is 10.1. The van der Waals surface area contributed by atoms with E-state index in [2.05, 4.69) is 23.4 Å². The first-order chi connectivity index (χ1) is 13.6. The van der Waals surface area contributed by atoms with E-state index in [4.69, 9.17) is 14.8 Å². The smallest absolute Gasteiger partial charge is 0.136 e. The first-order valence-corrected chi connectivity index (χ1v) is 10.0. The van der Waals surface area contributed by atoms with Gasteiger partial charge in [-0.3, -0.25) is 4.98 Å². The summed E-state index contributed by atoms with van der Waals surface area (Å²) in [4.78, 5) is 9.69. The zero-order valence-electron chi connectivity index (χ0n) is 16.0. The van der Waals surface area contributed by atoms with Crippen molar-refractivity contribution in [1.29, 1.82) is 0 Å². The van der Waals surface area contributed by atoms with E-state index in [0.29, 0.717) is 13.2 Å². The summed E-state index contributed by atoms with van der Waals surface area (Å²) in [6.45, 7) is 5.40. The van der Waals surface area contributed by atoms with Crippen molar-refractivity contribution in [2.24, 2.45) is 0 Å². The van der Waals surface area contributed by atoms with E-state index >= 15 is 0 Å². The number of hydrogen-bond donors (Lipinski definition) is 1. The van der Waals surface area contributed by atoms with Gasteiger partial charge in [0.15, 0.2) is 0 Å². The molecule has 3 rings (SSSR count). The topological polar surface area (TPSA) is 60.2 Å². The second kappa shape index (κ2) is 9.82. The normalized spacial score (nSPS) is 11.3. The van der Waals surface area contributed by atoms with Crippen molar-refractivity contribution < 1.29 is 14.2 Å². The van der Waals surface area contributed by atoms with Crippen molar-refractivity contribution in [2.45, 2.75) is 42.8 Å². The van der Waals surface area contributed by atoms with Gasteiger partial charge in [0.05, 0.1) is 18.9 Å². The number of aliphatic hydroxyl groups is 1. The molecule has 0 saturated heterocycles. The summed E-state index contributed by atoms with van der Waals surface area (Å²) in [7, 11) is 0. The molecule has 148 valence electrons. The van der Waals surface area contributed by atoms with Crippen LogP contribution in [0.3, 0.4) is 0 Å². The largest absolute Gasteiger partial charge is 0.394 e. The van der Waals surface area contributed by atoms with Crippen LogP contribution in [0.4, 0.5) is 4.39 Å². The van der Waals surface area contributed by atoms with Crippen LogP contribution in [0.2, 0.25) is 0 Å². The number of aromatic nitrogens is 3. The third-order valence-electron chi connectivity index (χ3n) is 4.17. The molecule has 0 amide bonds. The van der Waals surface area contributed by atoms with Gasteiger partial charge in [-0.2, -0.15) is 0 Å². The van der Waals surface area contributed by atoms with Crippen molar-refractivity contribution in [3.8, 4) is 0 Å². The molecule has 0 aliphatic heterocycles. The molecule has 1 N–H and O–H groups in total. The van der Waals surface area contributed by atoms with Crippen LogP contribution in [0, 0.1) is 5.82 Å². The molecule has 28 heavy (non-hydrogen) atoms. The summed E-state index contributed by atoms with van der Waals surface area (Å²) in [5, 5.41) is 9.86. The van der Waals surface area contributed by atoms with E-state index in [1.54, 1.807) is 18.5 Å². The monoisotopic (exact) mass is 401 g/mol. The molecule has 2 aromatic heterocycles. The molecule has 0 radical (unpaired) electrons. The molecule has 0 fully saturated rings. The van der Waals surface area contributed by atoms with Gasteiger partial charge in [-0.15, -0.1) is 0 Å². The van der Waals surface area contributed by atoms with Crippen molar-refractivity contribution in [3.63, 3.8) is 0 Å². The summed E-state index contributed by atoms with van der Waals surface area (Å²) in [6, 6.07) is 10.5. The van der Waals surface area contributed by atoms with Crippen LogP contribution in [0.1, 0.15) is 36.8 Å². The minimum absolute atomic E-state index is 0.0347. The maximum atomic E-state index is 13.6. The molecule has 7 heteroatoms. The van der Waals surface area contributed by atoms with Crippen LogP contribution >= 0.6 is 11.8 Å². The van der Waals surface area contributed by atoms with Gasteiger partial charge in [-0.05, 0) is 41.8 Å². The van der Waals surface area contributed by atoms with Crippen LogP contribution in [-0.4, -0.2) is 32.9 Å². The fourth-order valence-corrected chi connectivity index (χ4v) is 4.09. The Morgan fingerprint density at radius 1 is 1.21 bits per heavy atom. The van der Waals surface area contributed by atoms with Crippen molar-refractivity contribution in [2.75, 3.05) is 13.2 Å². The predicted octanol–water partition coefficient (Wildman–Crippen LogP) is 4.25. The van der Waals surface area contributed by atoms with Crippen molar-refractivity contribution >= 4 is 11.8 Å². The lowest BCUT2D eigenvalue weighted by Gasteiger charge is -2.15. The molecular formula is C21H24FN3O2S. The number of hydrogen-bond acceptors (Lipinski definition) is 5. The lowest BCUT2D eigenvalue weighted by Crippen LogP contribution is -2.12. The maximum absolute atomic E-state index is 13.6. The van der Waals surface area contributed by atoms with E-state index in [9.17, 15) is 4.39 Å². The highest BCUT2D eigenvalue weighted by Gasteiger charge is 2.21. The van der Waals surface area contributed by atoms with Gasteiger partial charge in [0.1, 0.15) is 23.3 Å². The Bertz CT molecular complexity index is 900. The fourth-order valence-electron chi connectivity index (χ4n) is 2.95. The number of aliphatic hydroxyl groups excluding tert-OH is 1. The number of nitrogens with zero attached hydrogens (tertiary/aromatic N) is 3. The molecule has 1 aromatic carbocycles. The average molecular weight is 402 g/mol. The van der Waals surface area contributed by atoms with Gasteiger partial charge in [0, 0.05) is 23.8 Å². The minimum Gasteiger partial charge on any atom is -0.394 e. The molecule has 2 heterocycles. The summed E-state index contributed by atoms with van der Waals surface area (Å²) >= 11 is 1.45. The molecule has 0 aliphatic rings. The first kappa shape index (κ1) is 20.5. The number of rotatable bonds is 9. The molecule has 0 bridgehead atoms. The summed E-state index contributed by atoms with van der Waals surface area (Å²) in [5.74, 6) is 0.740. The average Bonchev–Trinajstić information content (AvgIpc) is 3.00. The van der Waals surface area contributed by atoms with E-state index in [0.717, 1.165) is 27.0 Å². The third kappa shape index (κ3) is 5.19. The number of halogens is 1. The second-order valence-electron chi connectivity index (χ2n) is 6.65. The summed E-state index contributed by atoms with van der Waals surface area (Å²) in [5.41, 5.74) is 2.19. The third-order valence-corrected chi connectivity index (χ3v) is 5.15. The van der Waals surface area contributed by atoms with Gasteiger partial charge in [-0.1, -0.05) is 31.7 Å². The molecule has 5 nitrogen and oxygen atoms in total. The number of imidazole rings is 1. The molecule has 0 spiro atoms. The molecule has 0 atom stereocenters. The van der Waals surface area contributed by atoms with Gasteiger partial charge < -0.3 is 14.4 Å². The van der Waals surface area contributed by atoms with Gasteiger partial charge in [0.25, 0.3) is 0 Å². The standard InChI is InChI=1S/C21H24FN3O2S/c1-15(2)20-21(28-18-5-3-4-17(22)12-18)24-19(14-27-11-10-26)25(20)13-16-6-8-23-9-7-16/h3-9,12,15,26H,10-11,13-14H2,1-2H3. The Balaban J connectivity index is 1.99. The van der Waals surface area contributed by atoms with Gasteiger partial charge >= 0.3 is 0 Å². The Morgan fingerprint density at radius 3 is 2.68 bits per heavy atom. The van der Waals surface area contributed by atoms with Crippen LogP contribution in [-0.2, 0) is 17.9 Å². The van der Waals surface area contributed by atoms with Crippen LogP contribution < -0.4 is 0 Å². The number of ether oxygens (including phenoxy) is 1. The SMILES string of the molecule is CC(C)c1c(Sc2cccc(F)c2)nc(COCCO)n1Cc1ccncc1. The zero-order valence-corrected chi connectivity index (χ0v) is 16.8. The van der Waals surface area contributed by atoms with Crippen molar-refractivity contribution in [3.05, 3.63) is 71.7 Å². The number of pyridine rings is 1. The van der Waals surface area contributed by atoms with E-state index in [1.807, 2.05) is 18.2 Å². The maximum Gasteiger partial charge on any atom is 0.136 e. The predicted molar refractivity (Wildman–Crippen MR) is 107 cm³/mol. The molecule has 0 aliphatic carbocycles. The first-order valence-electron chi connectivity index (χ1n) is 9.18. The molecule has 0 unspecified atom stereocenters. The second-order valence-corrected chi connectivity index (χ2v) is 7.71. The van der Waals surface area contributed by atoms with Gasteiger partial charge in [0.2, 0.25) is 0 Å². The highest BCUT2D eigenvalue weighted by atomic mass is 32.2. The molecule has 0 saturated carbocycles. The number of benzene rings is 1. The van der Waals surface area contributed by atoms with Crippen LogP contribution in [0.15, 0.2) is 58.7 Å².